The predicted molar refractivity (Wildman–Crippen MR) is 150 cm³/mol. The highest BCUT2D eigenvalue weighted by Crippen LogP contribution is 2.38. The molecule has 0 bridgehead atoms. The Morgan fingerprint density at radius 2 is 1.89 bits per heavy atom. The zero-order chi connectivity index (χ0) is 26.9. The highest BCUT2D eigenvalue weighted by atomic mass is 32.2. The molecule has 1 aliphatic rings. The van der Waals surface area contributed by atoms with Crippen LogP contribution in [0.25, 0.3) is 10.9 Å². The number of sulfonamides is 1. The fourth-order valence-electron chi connectivity index (χ4n) is 5.05. The van der Waals surface area contributed by atoms with Gasteiger partial charge in [0.2, 0.25) is 15.9 Å². The summed E-state index contributed by atoms with van der Waals surface area (Å²) < 4.78 is 34.6. The van der Waals surface area contributed by atoms with Crippen LogP contribution in [0.2, 0.25) is 0 Å². The number of carbonyl (C=O) groups excluding carboxylic acids is 1. The molecule has 0 radical (unpaired) electrons. The first-order chi connectivity index (χ1) is 18.3. The maximum Gasteiger partial charge on any atom is 0.245 e. The summed E-state index contributed by atoms with van der Waals surface area (Å²) in [6.07, 6.45) is 2.33. The number of methoxy groups -OCH3 is 1. The monoisotopic (exact) mass is 549 g/mol. The second-order valence-corrected chi connectivity index (χ2v) is 12.7. The van der Waals surface area contributed by atoms with E-state index in [0.717, 1.165) is 28.7 Å². The zero-order valence-corrected chi connectivity index (χ0v) is 23.3. The van der Waals surface area contributed by atoms with Crippen molar-refractivity contribution in [3.8, 4) is 5.75 Å². The molecule has 1 unspecified atom stereocenters. The maximum atomic E-state index is 14.0. The van der Waals surface area contributed by atoms with E-state index in [4.69, 9.17) is 4.74 Å². The lowest BCUT2D eigenvalue weighted by Crippen LogP contribution is -2.47. The van der Waals surface area contributed by atoms with Gasteiger partial charge in [0.25, 0.3) is 0 Å². The lowest BCUT2D eigenvalue weighted by atomic mass is 9.93. The molecule has 0 spiro atoms. The van der Waals surface area contributed by atoms with Gasteiger partial charge >= 0.3 is 0 Å². The Labute approximate surface area is 227 Å². The first-order valence-electron chi connectivity index (χ1n) is 12.6. The number of thiophene rings is 1. The van der Waals surface area contributed by atoms with E-state index in [1.807, 2.05) is 55.1 Å². The van der Waals surface area contributed by atoms with Crippen molar-refractivity contribution >= 4 is 38.2 Å². The van der Waals surface area contributed by atoms with Crippen molar-refractivity contribution in [3.63, 3.8) is 0 Å². The third kappa shape index (κ3) is 5.06. The van der Waals surface area contributed by atoms with Gasteiger partial charge in [-0.05, 0) is 59.2 Å². The molecule has 7 nitrogen and oxygen atoms in total. The fraction of sp³-hybridized carbons (Fsp3) is 0.310. The van der Waals surface area contributed by atoms with Crippen LogP contribution in [0.5, 0.6) is 5.75 Å². The minimum atomic E-state index is -3.99. The summed E-state index contributed by atoms with van der Waals surface area (Å²) >= 11 is 1.69. The number of pyridine rings is 1. The summed E-state index contributed by atoms with van der Waals surface area (Å²) in [5.41, 5.74) is 2.47. The van der Waals surface area contributed by atoms with Crippen molar-refractivity contribution in [1.29, 1.82) is 0 Å². The molecule has 3 heterocycles. The van der Waals surface area contributed by atoms with Gasteiger partial charge in [-0.15, -0.1) is 11.3 Å². The number of hydrogen-bond acceptors (Lipinski definition) is 6. The summed E-state index contributed by atoms with van der Waals surface area (Å²) in [7, 11) is -2.37. The van der Waals surface area contributed by atoms with Crippen LogP contribution >= 0.6 is 11.3 Å². The lowest BCUT2D eigenvalue weighted by molar-refractivity contribution is -0.133. The van der Waals surface area contributed by atoms with Crippen LogP contribution in [-0.2, 0) is 21.2 Å². The molecule has 0 aliphatic carbocycles. The van der Waals surface area contributed by atoms with Crippen LogP contribution in [-0.4, -0.2) is 55.3 Å². The van der Waals surface area contributed by atoms with Gasteiger partial charge in [0.05, 0.1) is 25.2 Å². The Balaban J connectivity index is 1.50. The Bertz CT molecular complexity index is 1540. The van der Waals surface area contributed by atoms with E-state index in [9.17, 15) is 13.2 Å². The van der Waals surface area contributed by atoms with Crippen molar-refractivity contribution in [2.75, 3.05) is 26.7 Å². The van der Waals surface area contributed by atoms with E-state index in [2.05, 4.69) is 16.4 Å². The lowest BCUT2D eigenvalue weighted by Gasteiger charge is -2.37. The normalized spacial score (nSPS) is 15.7. The quantitative estimate of drug-likeness (QED) is 0.305. The number of para-hydroxylation sites is 1. The average Bonchev–Trinajstić information content (AvgIpc) is 3.40. The zero-order valence-electron chi connectivity index (χ0n) is 21.7. The van der Waals surface area contributed by atoms with Crippen LogP contribution < -0.4 is 4.74 Å². The number of ether oxygens (including phenoxy) is 1. The fourth-order valence-corrected chi connectivity index (χ4v) is 7.67. The smallest absolute Gasteiger partial charge is 0.245 e. The summed E-state index contributed by atoms with van der Waals surface area (Å²) in [6.45, 7) is 4.41. The van der Waals surface area contributed by atoms with Crippen molar-refractivity contribution in [3.05, 3.63) is 88.2 Å². The molecular formula is C29H31N3O4S2. The van der Waals surface area contributed by atoms with E-state index in [0.29, 0.717) is 12.1 Å². The van der Waals surface area contributed by atoms with Gasteiger partial charge in [0.15, 0.2) is 0 Å². The molecule has 9 heteroatoms. The molecule has 2 aromatic carbocycles. The number of carbonyl (C=O) groups is 1. The Hall–Kier alpha value is -3.27. The SMILES string of the molecule is COc1ccc(C2c3ccsc3CCN2C(=O)CN(CC(C)C)S(=O)(=O)c2cccc3cccnc23)cc1. The molecule has 4 aromatic rings. The van der Waals surface area contributed by atoms with E-state index in [-0.39, 0.29) is 35.9 Å². The van der Waals surface area contributed by atoms with Crippen molar-refractivity contribution < 1.29 is 17.9 Å². The molecule has 5 rings (SSSR count). The predicted octanol–water partition coefficient (Wildman–Crippen LogP) is 5.13. The van der Waals surface area contributed by atoms with Crippen molar-refractivity contribution in [1.82, 2.24) is 14.2 Å². The number of fused-ring (bicyclic) bond motifs is 2. The first-order valence-corrected chi connectivity index (χ1v) is 14.9. The standard InChI is InChI=1S/C29H31N3O4S2/c1-20(2)18-31(38(34,35)26-8-4-6-21-7-5-15-30-28(21)26)19-27(33)32-16-13-25-24(14-17-37-25)29(32)22-9-11-23(36-3)12-10-22/h4-12,14-15,17,20,29H,13,16,18-19H2,1-3H3. The Morgan fingerprint density at radius 1 is 1.13 bits per heavy atom. The summed E-state index contributed by atoms with van der Waals surface area (Å²) in [5.74, 6) is 0.550. The number of hydrogen-bond donors (Lipinski definition) is 0. The number of aromatic nitrogens is 1. The topological polar surface area (TPSA) is 79.8 Å². The van der Waals surface area contributed by atoms with Crippen LogP contribution in [0.4, 0.5) is 0 Å². The highest BCUT2D eigenvalue weighted by Gasteiger charge is 2.36. The molecule has 0 saturated carbocycles. The van der Waals surface area contributed by atoms with Gasteiger partial charge in [-0.25, -0.2) is 8.42 Å². The molecule has 0 N–H and O–H groups in total. The van der Waals surface area contributed by atoms with Crippen LogP contribution in [0.15, 0.2) is 77.1 Å². The molecule has 198 valence electrons. The van der Waals surface area contributed by atoms with E-state index >= 15 is 0 Å². The van der Waals surface area contributed by atoms with E-state index in [1.54, 1.807) is 42.8 Å². The third-order valence-corrected chi connectivity index (χ3v) is 9.65. The van der Waals surface area contributed by atoms with Gasteiger partial charge in [0.1, 0.15) is 10.6 Å². The van der Waals surface area contributed by atoms with Gasteiger partial charge in [-0.2, -0.15) is 4.31 Å². The van der Waals surface area contributed by atoms with Gasteiger partial charge in [-0.1, -0.05) is 44.2 Å². The third-order valence-electron chi connectivity index (χ3n) is 6.81. The number of amides is 1. The molecule has 1 aliphatic heterocycles. The maximum absolute atomic E-state index is 14.0. The molecule has 0 fully saturated rings. The van der Waals surface area contributed by atoms with Gasteiger partial charge < -0.3 is 9.64 Å². The van der Waals surface area contributed by atoms with E-state index in [1.165, 1.54) is 9.18 Å². The van der Waals surface area contributed by atoms with Crippen LogP contribution in [0.3, 0.4) is 0 Å². The van der Waals surface area contributed by atoms with Crippen molar-refractivity contribution in [2.24, 2.45) is 5.92 Å². The van der Waals surface area contributed by atoms with Gasteiger partial charge in [0, 0.05) is 29.5 Å². The largest absolute Gasteiger partial charge is 0.497 e. The van der Waals surface area contributed by atoms with Crippen LogP contribution in [0, 0.1) is 5.92 Å². The number of benzene rings is 2. The summed E-state index contributed by atoms with van der Waals surface area (Å²) in [5, 5.41) is 2.79. The summed E-state index contributed by atoms with van der Waals surface area (Å²) in [4.78, 5) is 21.5. The highest BCUT2D eigenvalue weighted by molar-refractivity contribution is 7.89. The minimum absolute atomic E-state index is 0.0303. The first kappa shape index (κ1) is 26.3. The number of nitrogens with zero attached hydrogens (tertiary/aromatic N) is 3. The molecule has 1 atom stereocenters. The Morgan fingerprint density at radius 3 is 2.63 bits per heavy atom. The Kier molecular flexibility index (Phi) is 7.52. The molecule has 1 amide bonds. The second-order valence-electron chi connectivity index (χ2n) is 9.83. The van der Waals surface area contributed by atoms with Crippen molar-refractivity contribution in [2.45, 2.75) is 31.2 Å². The second kappa shape index (κ2) is 10.8. The number of rotatable bonds is 8. The molecule has 2 aromatic heterocycles. The molecule has 38 heavy (non-hydrogen) atoms. The minimum Gasteiger partial charge on any atom is -0.497 e. The average molecular weight is 550 g/mol. The van der Waals surface area contributed by atoms with Gasteiger partial charge in [-0.3, -0.25) is 9.78 Å². The summed E-state index contributed by atoms with van der Waals surface area (Å²) in [6, 6.07) is 18.3. The molecular weight excluding hydrogens is 518 g/mol. The van der Waals surface area contributed by atoms with E-state index < -0.39 is 10.0 Å². The van der Waals surface area contributed by atoms with Crippen LogP contribution in [0.1, 0.15) is 35.9 Å². The molecule has 0 saturated heterocycles.